The van der Waals surface area contributed by atoms with Crippen LogP contribution in [0.5, 0.6) is 0 Å². The van der Waals surface area contributed by atoms with Crippen molar-refractivity contribution in [3.05, 3.63) is 59.7 Å². The van der Waals surface area contributed by atoms with E-state index < -0.39 is 0 Å². The van der Waals surface area contributed by atoms with Crippen LogP contribution in [-0.4, -0.2) is 22.3 Å². The Morgan fingerprint density at radius 3 is 2.68 bits per heavy atom. The largest absolute Gasteiger partial charge is 0.370 e. The third-order valence-electron chi connectivity index (χ3n) is 5.02. The molecule has 0 unspecified atom stereocenters. The molecule has 3 heterocycles. The standard InChI is InChI=1S/C23H21N3S2/c1-3-24-23-17-12-13-27-20-16-6-4-5-7-18(16)28-21(20)19(17)25-22(26-23)15-10-8-14(2)9-11-15/h4-11H,3,12-13H2,1-2H3,(H,24,25,26). The Morgan fingerprint density at radius 1 is 1.04 bits per heavy atom. The number of nitrogens with one attached hydrogen (secondary N) is 1. The summed E-state index contributed by atoms with van der Waals surface area (Å²) in [7, 11) is 0. The lowest BCUT2D eigenvalue weighted by molar-refractivity contribution is 1.05. The van der Waals surface area contributed by atoms with Crippen molar-refractivity contribution in [3.63, 3.8) is 0 Å². The summed E-state index contributed by atoms with van der Waals surface area (Å²) in [6.07, 6.45) is 0.978. The zero-order valence-electron chi connectivity index (χ0n) is 16.0. The molecule has 0 saturated heterocycles. The van der Waals surface area contributed by atoms with Gasteiger partial charge in [0, 0.05) is 38.4 Å². The normalized spacial score (nSPS) is 13.1. The highest BCUT2D eigenvalue weighted by Gasteiger charge is 2.25. The maximum atomic E-state index is 5.10. The monoisotopic (exact) mass is 403 g/mol. The summed E-state index contributed by atoms with van der Waals surface area (Å²) >= 11 is 3.80. The summed E-state index contributed by atoms with van der Waals surface area (Å²) in [5, 5.41) is 4.84. The lowest BCUT2D eigenvalue weighted by Gasteiger charge is -2.14. The topological polar surface area (TPSA) is 37.8 Å². The van der Waals surface area contributed by atoms with E-state index in [1.165, 1.54) is 31.0 Å². The van der Waals surface area contributed by atoms with Crippen LogP contribution < -0.4 is 5.32 Å². The minimum absolute atomic E-state index is 0.796. The molecule has 5 rings (SSSR count). The molecular formula is C23H21N3S2. The summed E-state index contributed by atoms with van der Waals surface area (Å²) in [6.45, 7) is 5.08. The Kier molecular flexibility index (Phi) is 4.57. The maximum Gasteiger partial charge on any atom is 0.162 e. The van der Waals surface area contributed by atoms with E-state index in [4.69, 9.17) is 9.97 Å². The smallest absolute Gasteiger partial charge is 0.162 e. The van der Waals surface area contributed by atoms with Gasteiger partial charge in [-0.3, -0.25) is 0 Å². The van der Waals surface area contributed by atoms with E-state index in [9.17, 15) is 0 Å². The van der Waals surface area contributed by atoms with Gasteiger partial charge < -0.3 is 5.32 Å². The quantitative estimate of drug-likeness (QED) is 0.429. The van der Waals surface area contributed by atoms with Crippen LogP contribution in [0, 0.1) is 6.92 Å². The van der Waals surface area contributed by atoms with Gasteiger partial charge in [0.1, 0.15) is 5.82 Å². The number of benzene rings is 2. The first-order valence-electron chi connectivity index (χ1n) is 9.61. The van der Waals surface area contributed by atoms with Crippen molar-refractivity contribution in [1.29, 1.82) is 0 Å². The number of anilines is 1. The average Bonchev–Trinajstić information content (AvgIpc) is 2.98. The summed E-state index contributed by atoms with van der Waals surface area (Å²) in [4.78, 5) is 12.7. The van der Waals surface area contributed by atoms with Crippen molar-refractivity contribution in [2.24, 2.45) is 0 Å². The molecule has 140 valence electrons. The average molecular weight is 404 g/mol. The molecule has 5 heteroatoms. The Labute approximate surface area is 173 Å². The van der Waals surface area contributed by atoms with Crippen LogP contribution in [-0.2, 0) is 6.42 Å². The van der Waals surface area contributed by atoms with E-state index in [1.54, 1.807) is 0 Å². The van der Waals surface area contributed by atoms with Gasteiger partial charge in [-0.2, -0.15) is 0 Å². The van der Waals surface area contributed by atoms with Crippen LogP contribution in [0.4, 0.5) is 5.82 Å². The van der Waals surface area contributed by atoms with Crippen molar-refractivity contribution in [3.8, 4) is 22.0 Å². The lowest BCUT2D eigenvalue weighted by Crippen LogP contribution is -2.08. The van der Waals surface area contributed by atoms with Gasteiger partial charge in [-0.05, 0) is 26.3 Å². The zero-order valence-corrected chi connectivity index (χ0v) is 17.6. The van der Waals surface area contributed by atoms with Gasteiger partial charge in [0.25, 0.3) is 0 Å². The molecule has 0 saturated carbocycles. The molecule has 28 heavy (non-hydrogen) atoms. The molecule has 1 aliphatic rings. The van der Waals surface area contributed by atoms with Gasteiger partial charge in [0.15, 0.2) is 5.82 Å². The molecule has 0 atom stereocenters. The number of nitrogens with zero attached hydrogens (tertiary/aromatic N) is 2. The molecule has 4 aromatic rings. The number of hydrogen-bond donors (Lipinski definition) is 1. The minimum Gasteiger partial charge on any atom is -0.370 e. The summed E-state index contributed by atoms with van der Waals surface area (Å²) in [6, 6.07) is 17.2. The highest BCUT2D eigenvalue weighted by molar-refractivity contribution is 7.99. The third-order valence-corrected chi connectivity index (χ3v) is 7.45. The van der Waals surface area contributed by atoms with Crippen LogP contribution in [0.2, 0.25) is 0 Å². The minimum atomic E-state index is 0.796. The Balaban J connectivity index is 1.77. The highest BCUT2D eigenvalue weighted by Crippen LogP contribution is 2.48. The Hall–Kier alpha value is -2.37. The van der Waals surface area contributed by atoms with Crippen molar-refractivity contribution < 1.29 is 0 Å². The predicted octanol–water partition coefficient (Wildman–Crippen LogP) is 6.41. The predicted molar refractivity (Wildman–Crippen MR) is 122 cm³/mol. The van der Waals surface area contributed by atoms with E-state index in [2.05, 4.69) is 67.7 Å². The number of hydrogen-bond acceptors (Lipinski definition) is 5. The summed E-state index contributed by atoms with van der Waals surface area (Å²) in [5.41, 5.74) is 4.65. The van der Waals surface area contributed by atoms with Gasteiger partial charge in [0.05, 0.1) is 10.6 Å². The van der Waals surface area contributed by atoms with Crippen molar-refractivity contribution in [2.75, 3.05) is 17.6 Å². The molecule has 3 nitrogen and oxygen atoms in total. The fourth-order valence-corrected chi connectivity index (χ4v) is 6.18. The summed E-state index contributed by atoms with van der Waals surface area (Å²) in [5.74, 6) is 2.82. The van der Waals surface area contributed by atoms with E-state index in [-0.39, 0.29) is 0 Å². The number of rotatable bonds is 3. The molecular weight excluding hydrogens is 382 g/mol. The van der Waals surface area contributed by atoms with Crippen LogP contribution >= 0.6 is 23.1 Å². The number of thiophene rings is 1. The van der Waals surface area contributed by atoms with E-state index in [0.717, 1.165) is 41.6 Å². The Morgan fingerprint density at radius 2 is 1.86 bits per heavy atom. The molecule has 1 aliphatic heterocycles. The van der Waals surface area contributed by atoms with Crippen LogP contribution in [0.3, 0.4) is 0 Å². The fraction of sp³-hybridized carbons (Fsp3) is 0.217. The van der Waals surface area contributed by atoms with Crippen LogP contribution in [0.25, 0.3) is 32.0 Å². The zero-order chi connectivity index (χ0) is 19.1. The molecule has 0 amide bonds. The van der Waals surface area contributed by atoms with Gasteiger partial charge in [0.2, 0.25) is 0 Å². The Bertz CT molecular complexity index is 1160. The maximum absolute atomic E-state index is 5.10. The third kappa shape index (κ3) is 2.99. The van der Waals surface area contributed by atoms with Crippen LogP contribution in [0.15, 0.2) is 53.4 Å². The van der Waals surface area contributed by atoms with Gasteiger partial charge in [-0.1, -0.05) is 48.0 Å². The van der Waals surface area contributed by atoms with Gasteiger partial charge in [-0.15, -0.1) is 23.1 Å². The second kappa shape index (κ2) is 7.22. The first-order valence-corrected chi connectivity index (χ1v) is 11.4. The second-order valence-electron chi connectivity index (χ2n) is 6.97. The van der Waals surface area contributed by atoms with E-state index in [1.807, 2.05) is 23.1 Å². The first-order chi connectivity index (χ1) is 13.7. The molecule has 2 aromatic heterocycles. The van der Waals surface area contributed by atoms with Gasteiger partial charge in [-0.25, -0.2) is 9.97 Å². The van der Waals surface area contributed by atoms with E-state index in [0.29, 0.717) is 0 Å². The number of aromatic nitrogens is 2. The molecule has 0 radical (unpaired) electrons. The molecule has 2 aromatic carbocycles. The molecule has 0 spiro atoms. The van der Waals surface area contributed by atoms with Crippen LogP contribution in [0.1, 0.15) is 18.1 Å². The highest BCUT2D eigenvalue weighted by atomic mass is 32.2. The number of thioether (sulfide) groups is 1. The van der Waals surface area contributed by atoms with Gasteiger partial charge >= 0.3 is 0 Å². The summed E-state index contributed by atoms with van der Waals surface area (Å²) < 4.78 is 1.33. The van der Waals surface area contributed by atoms with E-state index >= 15 is 0 Å². The molecule has 0 fully saturated rings. The molecule has 0 bridgehead atoms. The fourth-order valence-electron chi connectivity index (χ4n) is 3.63. The SMILES string of the molecule is CCNc1nc(-c2ccc(C)cc2)nc2c1CCSc1c-2sc2ccccc12. The van der Waals surface area contributed by atoms with Crippen molar-refractivity contribution in [2.45, 2.75) is 25.2 Å². The molecule has 1 N–H and O–H groups in total. The lowest BCUT2D eigenvalue weighted by atomic mass is 10.1. The van der Waals surface area contributed by atoms with Crippen molar-refractivity contribution >= 4 is 39.0 Å². The van der Waals surface area contributed by atoms with Crippen molar-refractivity contribution in [1.82, 2.24) is 9.97 Å². The number of fused-ring (bicyclic) bond motifs is 5. The number of aryl methyl sites for hydroxylation is 1. The first kappa shape index (κ1) is 17.7. The second-order valence-corrected chi connectivity index (χ2v) is 9.13. The molecule has 0 aliphatic carbocycles.